The summed E-state index contributed by atoms with van der Waals surface area (Å²) in [6.07, 6.45) is 2.83. The summed E-state index contributed by atoms with van der Waals surface area (Å²) in [5, 5.41) is 28.1. The Kier molecular flexibility index (Phi) is 4.99. The van der Waals surface area contributed by atoms with E-state index in [9.17, 15) is 15.2 Å². The third kappa shape index (κ3) is 4.09. The van der Waals surface area contributed by atoms with Crippen LogP contribution in [0.3, 0.4) is 0 Å². The van der Waals surface area contributed by atoms with Gasteiger partial charge in [-0.25, -0.2) is 0 Å². The monoisotopic (exact) mass is 395 g/mol. The molecule has 0 radical (unpaired) electrons. The smallest absolute Gasteiger partial charge is 0.311 e. The predicted molar refractivity (Wildman–Crippen MR) is 89.1 cm³/mol. The fourth-order valence-corrected chi connectivity index (χ4v) is 2.15. The Bertz CT molecular complexity index is 729. The molecular formula is C14H10IN3O3. The minimum absolute atomic E-state index is 0.240. The fourth-order valence-electron chi connectivity index (χ4n) is 1.58. The molecule has 0 atom stereocenters. The van der Waals surface area contributed by atoms with Crippen LogP contribution in [0.25, 0.3) is 0 Å². The number of aromatic hydroxyl groups is 1. The number of hydrogen-bond acceptors (Lipinski definition) is 5. The summed E-state index contributed by atoms with van der Waals surface area (Å²) in [7, 11) is 0. The van der Waals surface area contributed by atoms with E-state index in [1.54, 1.807) is 6.21 Å². The number of phenols is 1. The lowest BCUT2D eigenvalue weighted by atomic mass is 10.2. The summed E-state index contributed by atoms with van der Waals surface area (Å²) in [6.45, 7) is 0. The molecule has 2 rings (SSSR count). The highest BCUT2D eigenvalue weighted by Gasteiger charge is 2.14. The highest BCUT2D eigenvalue weighted by molar-refractivity contribution is 14.1. The molecule has 0 aliphatic heterocycles. The van der Waals surface area contributed by atoms with Crippen molar-refractivity contribution in [3.8, 4) is 5.75 Å². The molecular weight excluding hydrogens is 385 g/mol. The molecule has 0 unspecified atom stereocenters. The number of phenolic OH excluding ortho intramolecular Hbond substituents is 1. The van der Waals surface area contributed by atoms with Crippen molar-refractivity contribution in [1.82, 2.24) is 0 Å². The Labute approximate surface area is 134 Å². The van der Waals surface area contributed by atoms with Gasteiger partial charge in [0.15, 0.2) is 0 Å². The van der Waals surface area contributed by atoms with Gasteiger partial charge in [-0.2, -0.15) is 10.2 Å². The van der Waals surface area contributed by atoms with E-state index < -0.39 is 10.7 Å². The van der Waals surface area contributed by atoms with Crippen LogP contribution in [0.4, 0.5) is 5.69 Å². The summed E-state index contributed by atoms with van der Waals surface area (Å²) in [4.78, 5) is 10.0. The van der Waals surface area contributed by atoms with Gasteiger partial charge in [0.2, 0.25) is 5.75 Å². The molecule has 2 aromatic rings. The number of benzene rings is 2. The lowest BCUT2D eigenvalue weighted by molar-refractivity contribution is -0.385. The quantitative estimate of drug-likeness (QED) is 0.373. The van der Waals surface area contributed by atoms with Crippen molar-refractivity contribution in [3.63, 3.8) is 0 Å². The average molecular weight is 395 g/mol. The van der Waals surface area contributed by atoms with Crippen molar-refractivity contribution in [1.29, 1.82) is 0 Å². The van der Waals surface area contributed by atoms with Crippen molar-refractivity contribution in [2.24, 2.45) is 10.2 Å². The molecule has 6 nitrogen and oxygen atoms in total. The van der Waals surface area contributed by atoms with Gasteiger partial charge in [-0.05, 0) is 46.4 Å². The van der Waals surface area contributed by atoms with Crippen LogP contribution in [0.15, 0.2) is 52.7 Å². The number of nitrogens with zero attached hydrogens (tertiary/aromatic N) is 3. The van der Waals surface area contributed by atoms with E-state index in [1.807, 2.05) is 24.3 Å². The summed E-state index contributed by atoms with van der Waals surface area (Å²) in [5.41, 5.74) is 0.770. The molecule has 21 heavy (non-hydrogen) atoms. The summed E-state index contributed by atoms with van der Waals surface area (Å²) < 4.78 is 1.08. The van der Waals surface area contributed by atoms with Gasteiger partial charge >= 0.3 is 5.69 Å². The molecule has 0 bridgehead atoms. The maximum absolute atomic E-state index is 10.7. The predicted octanol–water partition coefficient (Wildman–Crippen LogP) is 3.36. The second-order valence-electron chi connectivity index (χ2n) is 4.02. The molecule has 0 aromatic heterocycles. The van der Waals surface area contributed by atoms with E-state index in [0.717, 1.165) is 9.13 Å². The molecule has 1 N–H and O–H groups in total. The second-order valence-corrected chi connectivity index (χ2v) is 5.26. The molecule has 0 aliphatic carbocycles. The summed E-state index contributed by atoms with van der Waals surface area (Å²) >= 11 is 2.19. The molecule has 0 aliphatic rings. The lowest BCUT2D eigenvalue weighted by Gasteiger charge is -1.98. The maximum Gasteiger partial charge on any atom is 0.311 e. The standard InChI is InChI=1S/C14H10IN3O3/c15-12-5-1-3-10(7-12)8-16-17-9-11-4-2-6-13(14(11)19)18(20)21/h1-9,19H/b16-8+,17-9+. The Balaban J connectivity index is 2.15. The minimum Gasteiger partial charge on any atom is -0.502 e. The van der Waals surface area contributed by atoms with Crippen molar-refractivity contribution in [2.75, 3.05) is 0 Å². The maximum atomic E-state index is 10.7. The first-order valence-corrected chi connectivity index (χ1v) is 6.94. The van der Waals surface area contributed by atoms with Crippen LogP contribution in [-0.2, 0) is 0 Å². The van der Waals surface area contributed by atoms with Crippen LogP contribution in [0.1, 0.15) is 11.1 Å². The number of rotatable bonds is 4. The molecule has 0 fully saturated rings. The van der Waals surface area contributed by atoms with E-state index >= 15 is 0 Å². The van der Waals surface area contributed by atoms with Gasteiger partial charge in [0, 0.05) is 15.2 Å². The van der Waals surface area contributed by atoms with Crippen LogP contribution in [0.2, 0.25) is 0 Å². The van der Waals surface area contributed by atoms with Gasteiger partial charge in [-0.3, -0.25) is 10.1 Å². The molecule has 0 saturated carbocycles. The molecule has 2 aromatic carbocycles. The van der Waals surface area contributed by atoms with Gasteiger partial charge in [-0.15, -0.1) is 0 Å². The number of para-hydroxylation sites is 1. The number of nitro groups is 1. The SMILES string of the molecule is O=[N+]([O-])c1cccc(/C=N/N=C/c2cccc(I)c2)c1O. The fraction of sp³-hybridized carbons (Fsp3) is 0. The lowest BCUT2D eigenvalue weighted by Crippen LogP contribution is -1.91. The number of hydrogen-bond donors (Lipinski definition) is 1. The Morgan fingerprint density at radius 1 is 1.14 bits per heavy atom. The Morgan fingerprint density at radius 3 is 2.57 bits per heavy atom. The van der Waals surface area contributed by atoms with Crippen molar-refractivity contribution in [3.05, 3.63) is 67.3 Å². The van der Waals surface area contributed by atoms with Gasteiger partial charge in [0.25, 0.3) is 0 Å². The number of nitro benzene ring substituents is 1. The molecule has 7 heteroatoms. The highest BCUT2D eigenvalue weighted by Crippen LogP contribution is 2.27. The van der Waals surface area contributed by atoms with Crippen molar-refractivity contribution < 1.29 is 10.0 Å². The zero-order chi connectivity index (χ0) is 15.2. The van der Waals surface area contributed by atoms with Crippen LogP contribution >= 0.6 is 22.6 Å². The van der Waals surface area contributed by atoms with Crippen LogP contribution in [0, 0.1) is 13.7 Å². The van der Waals surface area contributed by atoms with E-state index in [-0.39, 0.29) is 11.3 Å². The third-order valence-electron chi connectivity index (χ3n) is 2.56. The minimum atomic E-state index is -0.651. The van der Waals surface area contributed by atoms with Crippen molar-refractivity contribution >= 4 is 40.7 Å². The topological polar surface area (TPSA) is 88.1 Å². The van der Waals surface area contributed by atoms with E-state index in [0.29, 0.717) is 0 Å². The normalized spacial score (nSPS) is 11.3. The first-order chi connectivity index (χ1) is 10.1. The van der Waals surface area contributed by atoms with E-state index in [2.05, 4.69) is 32.8 Å². The molecule has 0 saturated heterocycles. The van der Waals surface area contributed by atoms with E-state index in [1.165, 1.54) is 24.4 Å². The third-order valence-corrected chi connectivity index (χ3v) is 3.23. The average Bonchev–Trinajstić information content (AvgIpc) is 2.45. The molecule has 106 valence electrons. The van der Waals surface area contributed by atoms with Crippen LogP contribution in [-0.4, -0.2) is 22.5 Å². The zero-order valence-electron chi connectivity index (χ0n) is 10.7. The first kappa shape index (κ1) is 15.1. The van der Waals surface area contributed by atoms with Crippen LogP contribution < -0.4 is 0 Å². The highest BCUT2D eigenvalue weighted by atomic mass is 127. The Hall–Kier alpha value is -2.29. The van der Waals surface area contributed by atoms with Gasteiger partial charge in [0.1, 0.15) is 0 Å². The Morgan fingerprint density at radius 2 is 1.86 bits per heavy atom. The molecule has 0 heterocycles. The number of halogens is 1. The molecule has 0 amide bonds. The first-order valence-electron chi connectivity index (χ1n) is 5.86. The van der Waals surface area contributed by atoms with Gasteiger partial charge in [0.05, 0.1) is 17.4 Å². The van der Waals surface area contributed by atoms with Gasteiger partial charge < -0.3 is 5.11 Å². The zero-order valence-corrected chi connectivity index (χ0v) is 12.8. The second kappa shape index (κ2) is 6.93. The van der Waals surface area contributed by atoms with Crippen LogP contribution in [0.5, 0.6) is 5.75 Å². The molecule has 0 spiro atoms. The van der Waals surface area contributed by atoms with E-state index in [4.69, 9.17) is 0 Å². The summed E-state index contributed by atoms with van der Waals surface area (Å²) in [6, 6.07) is 11.9. The summed E-state index contributed by atoms with van der Waals surface area (Å²) in [5.74, 6) is -0.421. The van der Waals surface area contributed by atoms with Gasteiger partial charge in [-0.1, -0.05) is 18.2 Å². The van der Waals surface area contributed by atoms with Crippen molar-refractivity contribution in [2.45, 2.75) is 0 Å². The largest absolute Gasteiger partial charge is 0.502 e.